The number of amides is 3. The number of halogens is 2. The number of rotatable bonds is 8. The monoisotopic (exact) mass is 605 g/mol. The molecular weight excluding hydrogens is 568 g/mol. The van der Waals surface area contributed by atoms with E-state index in [1.54, 1.807) is 25.3 Å². The van der Waals surface area contributed by atoms with E-state index in [4.69, 9.17) is 4.74 Å². The van der Waals surface area contributed by atoms with Crippen LogP contribution in [0.5, 0.6) is 0 Å². The van der Waals surface area contributed by atoms with Crippen molar-refractivity contribution in [2.24, 2.45) is 11.8 Å². The van der Waals surface area contributed by atoms with Crippen LogP contribution in [0.2, 0.25) is 0 Å². The molecule has 3 amide bonds. The van der Waals surface area contributed by atoms with E-state index in [9.17, 15) is 14.4 Å². The molecular formula is C28H37F2N7O4S. The van der Waals surface area contributed by atoms with Crippen molar-refractivity contribution < 1.29 is 27.9 Å². The van der Waals surface area contributed by atoms with Gasteiger partial charge in [-0.3, -0.25) is 19.1 Å². The Morgan fingerprint density at radius 1 is 1.17 bits per heavy atom. The normalized spacial score (nSPS) is 23.3. The maximum atomic E-state index is 15.0. The van der Waals surface area contributed by atoms with Crippen LogP contribution in [0.25, 0.3) is 0 Å². The van der Waals surface area contributed by atoms with Crippen molar-refractivity contribution in [1.82, 2.24) is 25.0 Å². The fraction of sp³-hybridized carbons (Fsp3) is 0.679. The van der Waals surface area contributed by atoms with E-state index in [0.29, 0.717) is 42.3 Å². The molecule has 2 aromatic rings. The number of thiophene rings is 1. The first kappa shape index (κ1) is 28.8. The number of fused-ring (bicyclic) bond motifs is 1. The molecule has 3 aliphatic carbocycles. The maximum Gasteiger partial charge on any atom is 0.410 e. The molecule has 14 heteroatoms. The standard InChI is InChI=1S/C28H37F2N7O4S/c1-27(2,3)41-26(40)36-12-20(28(29,30)13-36)33-25-35-32-14-37(25)17-8-9-19-18(10-17)21(23(39)31-11-15-4-5-15)24(42-19)34-22(38)16-6-7-16/h14-17,20H,4-13H2,1-3H3,(H,31,39)(H,33,35)(H,34,38)/t17-,20?/m0/s1. The van der Waals surface area contributed by atoms with Gasteiger partial charge in [-0.15, -0.1) is 21.5 Å². The summed E-state index contributed by atoms with van der Waals surface area (Å²) in [4.78, 5) is 40.5. The number of ether oxygens (including phenoxy) is 1. The molecule has 3 N–H and O–H groups in total. The van der Waals surface area contributed by atoms with Gasteiger partial charge in [-0.05, 0) is 77.2 Å². The summed E-state index contributed by atoms with van der Waals surface area (Å²) < 4.78 is 37.1. The van der Waals surface area contributed by atoms with Crippen LogP contribution in [0.4, 0.5) is 24.5 Å². The highest BCUT2D eigenvalue weighted by atomic mass is 32.1. The highest BCUT2D eigenvalue weighted by Crippen LogP contribution is 2.43. The number of anilines is 2. The molecule has 0 bridgehead atoms. The minimum atomic E-state index is -3.21. The van der Waals surface area contributed by atoms with Gasteiger partial charge in [0.2, 0.25) is 11.9 Å². The van der Waals surface area contributed by atoms with Crippen molar-refractivity contribution in [3.05, 3.63) is 22.3 Å². The molecule has 0 aromatic carbocycles. The number of carbonyl (C=O) groups excluding carboxylic acids is 3. The summed E-state index contributed by atoms with van der Waals surface area (Å²) in [5.74, 6) is -2.76. The Bertz CT molecular complexity index is 1380. The third-order valence-electron chi connectivity index (χ3n) is 8.13. The number of carbonyl (C=O) groups is 3. The Balaban J connectivity index is 1.20. The van der Waals surface area contributed by atoms with Gasteiger partial charge in [-0.25, -0.2) is 13.6 Å². The highest BCUT2D eigenvalue weighted by molar-refractivity contribution is 7.17. The Kier molecular flexibility index (Phi) is 7.38. The molecule has 2 aromatic heterocycles. The van der Waals surface area contributed by atoms with Crippen LogP contribution in [0.1, 0.15) is 79.7 Å². The van der Waals surface area contributed by atoms with Crippen LogP contribution in [0.3, 0.4) is 0 Å². The molecule has 1 aliphatic heterocycles. The number of nitrogens with one attached hydrogen (secondary N) is 3. The maximum absolute atomic E-state index is 15.0. The first-order valence-electron chi connectivity index (χ1n) is 14.6. The third-order valence-corrected chi connectivity index (χ3v) is 9.34. The zero-order chi connectivity index (χ0) is 29.8. The van der Waals surface area contributed by atoms with Gasteiger partial charge in [0.1, 0.15) is 23.0 Å². The summed E-state index contributed by atoms with van der Waals surface area (Å²) in [6.45, 7) is 4.66. The average Bonchev–Trinajstić information content (AvgIpc) is 3.82. The van der Waals surface area contributed by atoms with Gasteiger partial charge >= 0.3 is 6.09 Å². The number of likely N-dealkylation sites (tertiary alicyclic amines) is 1. The topological polar surface area (TPSA) is 130 Å². The smallest absolute Gasteiger partial charge is 0.410 e. The number of hydrogen-bond donors (Lipinski definition) is 3. The molecule has 4 aliphatic rings. The fourth-order valence-corrected chi connectivity index (χ4v) is 6.75. The number of aryl methyl sites for hydroxylation is 1. The summed E-state index contributed by atoms with van der Waals surface area (Å²) in [7, 11) is 0. The highest BCUT2D eigenvalue weighted by Gasteiger charge is 2.51. The van der Waals surface area contributed by atoms with Crippen molar-refractivity contribution in [3.8, 4) is 0 Å². The van der Waals surface area contributed by atoms with Gasteiger partial charge in [0.15, 0.2) is 0 Å². The van der Waals surface area contributed by atoms with Crippen LogP contribution in [0.15, 0.2) is 6.33 Å². The lowest BCUT2D eigenvalue weighted by Gasteiger charge is -2.27. The lowest BCUT2D eigenvalue weighted by molar-refractivity contribution is -0.117. The number of alkyl halides is 2. The van der Waals surface area contributed by atoms with E-state index >= 15 is 8.78 Å². The van der Waals surface area contributed by atoms with E-state index in [0.717, 1.165) is 41.0 Å². The van der Waals surface area contributed by atoms with Gasteiger partial charge in [-0.2, -0.15) is 0 Å². The summed E-state index contributed by atoms with van der Waals surface area (Å²) >= 11 is 1.45. The van der Waals surface area contributed by atoms with Gasteiger partial charge in [0.05, 0.1) is 18.7 Å². The number of hydrogen-bond acceptors (Lipinski definition) is 8. The average molecular weight is 606 g/mol. The predicted octanol–water partition coefficient (Wildman–Crippen LogP) is 4.22. The number of aromatic nitrogens is 3. The van der Waals surface area contributed by atoms with Crippen molar-refractivity contribution in [2.45, 2.75) is 89.3 Å². The molecule has 1 saturated heterocycles. The third kappa shape index (κ3) is 6.23. The first-order valence-corrected chi connectivity index (χ1v) is 15.4. The zero-order valence-electron chi connectivity index (χ0n) is 24.0. The Labute approximate surface area is 246 Å². The van der Waals surface area contributed by atoms with E-state index in [-0.39, 0.29) is 36.3 Å². The van der Waals surface area contributed by atoms with Crippen LogP contribution in [-0.2, 0) is 22.4 Å². The lowest BCUT2D eigenvalue weighted by Crippen LogP contribution is -2.39. The van der Waals surface area contributed by atoms with E-state index in [2.05, 4.69) is 26.1 Å². The molecule has 3 fully saturated rings. The van der Waals surface area contributed by atoms with Crippen LogP contribution in [0, 0.1) is 11.8 Å². The van der Waals surface area contributed by atoms with Crippen molar-refractivity contribution >= 4 is 40.2 Å². The lowest BCUT2D eigenvalue weighted by atomic mass is 9.91. The molecule has 2 atom stereocenters. The molecule has 42 heavy (non-hydrogen) atoms. The molecule has 3 heterocycles. The van der Waals surface area contributed by atoms with Crippen LogP contribution in [-0.4, -0.2) is 74.8 Å². The molecule has 6 rings (SSSR count). The second-order valence-corrected chi connectivity index (χ2v) is 14.0. The van der Waals surface area contributed by atoms with E-state index in [1.807, 2.05) is 0 Å². The molecule has 1 unspecified atom stereocenters. The number of nitrogens with zero attached hydrogens (tertiary/aromatic N) is 4. The summed E-state index contributed by atoms with van der Waals surface area (Å²) in [6, 6.07) is -1.56. The SMILES string of the molecule is CC(C)(C)OC(=O)N1CC(Nc2nncn2[C@H]2CCc3sc(NC(=O)C4CC4)c(C(=O)NCC4CC4)c3C2)C(F)(F)C1. The van der Waals surface area contributed by atoms with Crippen LogP contribution < -0.4 is 16.0 Å². The van der Waals surface area contributed by atoms with Gasteiger partial charge in [0, 0.05) is 23.4 Å². The summed E-state index contributed by atoms with van der Waals surface area (Å²) in [5.41, 5.74) is 0.582. The largest absolute Gasteiger partial charge is 0.444 e. The van der Waals surface area contributed by atoms with E-state index in [1.165, 1.54) is 17.7 Å². The van der Waals surface area contributed by atoms with Gasteiger partial charge in [0.25, 0.3) is 11.8 Å². The molecule has 0 radical (unpaired) electrons. The Morgan fingerprint density at radius 2 is 1.93 bits per heavy atom. The fourth-order valence-electron chi connectivity index (χ4n) is 5.51. The molecule has 11 nitrogen and oxygen atoms in total. The molecule has 0 spiro atoms. The van der Waals surface area contributed by atoms with Gasteiger partial charge in [-0.1, -0.05) is 0 Å². The van der Waals surface area contributed by atoms with E-state index < -0.39 is 30.2 Å². The Morgan fingerprint density at radius 3 is 2.62 bits per heavy atom. The van der Waals surface area contributed by atoms with Crippen LogP contribution >= 0.6 is 11.3 Å². The Hall–Kier alpha value is -3.29. The molecule has 228 valence electrons. The minimum absolute atomic E-state index is 0.00451. The van der Waals surface area contributed by atoms with Crippen molar-refractivity contribution in [2.75, 3.05) is 30.3 Å². The predicted molar refractivity (Wildman–Crippen MR) is 152 cm³/mol. The first-order chi connectivity index (χ1) is 19.9. The second kappa shape index (κ2) is 10.8. The van der Waals surface area contributed by atoms with Gasteiger partial charge < -0.3 is 20.7 Å². The van der Waals surface area contributed by atoms with Crippen molar-refractivity contribution in [3.63, 3.8) is 0 Å². The minimum Gasteiger partial charge on any atom is -0.444 e. The summed E-state index contributed by atoms with van der Waals surface area (Å²) in [6.07, 6.45) is 6.47. The quantitative estimate of drug-likeness (QED) is 0.411. The zero-order valence-corrected chi connectivity index (χ0v) is 24.9. The molecule has 2 saturated carbocycles. The van der Waals surface area contributed by atoms with Crippen molar-refractivity contribution in [1.29, 1.82) is 0 Å². The summed E-state index contributed by atoms with van der Waals surface area (Å²) in [5, 5.41) is 17.6. The second-order valence-electron chi connectivity index (χ2n) is 12.9.